The van der Waals surface area contributed by atoms with Crippen molar-refractivity contribution in [3.63, 3.8) is 0 Å². The van der Waals surface area contributed by atoms with Gasteiger partial charge in [-0.1, -0.05) is 0 Å². The van der Waals surface area contributed by atoms with Gasteiger partial charge < -0.3 is 15.4 Å². The summed E-state index contributed by atoms with van der Waals surface area (Å²) in [5, 5.41) is 5.04. The maximum Gasteiger partial charge on any atom is 0.433 e. The van der Waals surface area contributed by atoms with Gasteiger partial charge in [-0.2, -0.15) is 18.2 Å². The molecular formula is C10H13F3N4O2. The highest BCUT2D eigenvalue weighted by Gasteiger charge is 2.33. The Hall–Kier alpha value is -2.06. The van der Waals surface area contributed by atoms with E-state index in [1.54, 1.807) is 0 Å². The van der Waals surface area contributed by atoms with E-state index >= 15 is 0 Å². The van der Waals surface area contributed by atoms with Crippen LogP contribution in [0.15, 0.2) is 6.07 Å². The first-order valence-corrected chi connectivity index (χ1v) is 5.31. The smallest absolute Gasteiger partial charge is 0.433 e. The first-order valence-electron chi connectivity index (χ1n) is 5.31. The number of esters is 1. The van der Waals surface area contributed by atoms with Crippen LogP contribution in [0.2, 0.25) is 0 Å². The summed E-state index contributed by atoms with van der Waals surface area (Å²) in [6, 6.07) is 0.776. The van der Waals surface area contributed by atoms with E-state index in [1.165, 1.54) is 14.2 Å². The first-order chi connectivity index (χ1) is 8.86. The van der Waals surface area contributed by atoms with Crippen LogP contribution in [0.4, 0.5) is 24.9 Å². The molecule has 0 saturated heterocycles. The Morgan fingerprint density at radius 1 is 1.42 bits per heavy atom. The molecule has 0 unspecified atom stereocenters. The van der Waals surface area contributed by atoms with Crippen LogP contribution in [0.25, 0.3) is 0 Å². The Morgan fingerprint density at radius 3 is 2.63 bits per heavy atom. The summed E-state index contributed by atoms with van der Waals surface area (Å²) in [6.45, 7) is 0.115. The van der Waals surface area contributed by atoms with Gasteiger partial charge in [-0.05, 0) is 0 Å². The second-order valence-corrected chi connectivity index (χ2v) is 3.46. The van der Waals surface area contributed by atoms with Gasteiger partial charge in [-0.3, -0.25) is 4.79 Å². The number of hydrogen-bond donors (Lipinski definition) is 2. The topological polar surface area (TPSA) is 76.1 Å². The molecule has 0 radical (unpaired) electrons. The summed E-state index contributed by atoms with van der Waals surface area (Å²) in [5.74, 6) is -0.641. The monoisotopic (exact) mass is 278 g/mol. The maximum atomic E-state index is 12.6. The number of halogens is 3. The number of methoxy groups -OCH3 is 1. The van der Waals surface area contributed by atoms with Crippen LogP contribution in [0.5, 0.6) is 0 Å². The van der Waals surface area contributed by atoms with Crippen molar-refractivity contribution in [1.82, 2.24) is 9.97 Å². The second-order valence-electron chi connectivity index (χ2n) is 3.46. The molecule has 2 N–H and O–H groups in total. The standard InChI is InChI=1S/C10H13F3N4O2/c1-14-9-16-6(10(11,12)13)5-7(17-9)15-4-3-8(18)19-2/h5H,3-4H2,1-2H3,(H2,14,15,16,17). The normalized spacial score (nSPS) is 11.0. The van der Waals surface area contributed by atoms with E-state index in [0.29, 0.717) is 0 Å². The Bertz CT molecular complexity index is 451. The molecule has 0 aromatic carbocycles. The fourth-order valence-corrected chi connectivity index (χ4v) is 1.19. The molecule has 19 heavy (non-hydrogen) atoms. The molecule has 0 aliphatic heterocycles. The molecule has 6 nitrogen and oxygen atoms in total. The van der Waals surface area contributed by atoms with Gasteiger partial charge in [-0.25, -0.2) is 4.98 Å². The zero-order valence-electron chi connectivity index (χ0n) is 10.3. The fraction of sp³-hybridized carbons (Fsp3) is 0.500. The zero-order valence-corrected chi connectivity index (χ0v) is 10.3. The number of alkyl halides is 3. The predicted octanol–water partition coefficient (Wildman–Crippen LogP) is 1.51. The molecule has 106 valence electrons. The molecule has 1 rings (SSSR count). The van der Waals surface area contributed by atoms with Gasteiger partial charge in [0, 0.05) is 19.7 Å². The summed E-state index contributed by atoms with van der Waals surface area (Å²) in [6.07, 6.45) is -4.54. The molecule has 0 atom stereocenters. The molecule has 1 aromatic rings. The molecular weight excluding hydrogens is 265 g/mol. The molecule has 1 heterocycles. The maximum absolute atomic E-state index is 12.6. The summed E-state index contributed by atoms with van der Waals surface area (Å²) in [7, 11) is 2.64. The molecule has 1 aromatic heterocycles. The van der Waals surface area contributed by atoms with E-state index in [4.69, 9.17) is 0 Å². The number of carbonyl (C=O) groups is 1. The first kappa shape index (κ1) is 15.0. The van der Waals surface area contributed by atoms with Crippen molar-refractivity contribution in [2.24, 2.45) is 0 Å². The lowest BCUT2D eigenvalue weighted by atomic mass is 10.3. The van der Waals surface area contributed by atoms with Crippen LogP contribution in [0, 0.1) is 0 Å². The van der Waals surface area contributed by atoms with E-state index in [-0.39, 0.29) is 24.7 Å². The third-order valence-corrected chi connectivity index (χ3v) is 2.10. The average molecular weight is 278 g/mol. The van der Waals surface area contributed by atoms with Gasteiger partial charge in [0.05, 0.1) is 13.5 Å². The lowest BCUT2D eigenvalue weighted by Gasteiger charge is -2.11. The number of ether oxygens (including phenoxy) is 1. The Morgan fingerprint density at radius 2 is 2.11 bits per heavy atom. The summed E-state index contributed by atoms with van der Waals surface area (Å²) in [5.41, 5.74) is -1.06. The van der Waals surface area contributed by atoms with Gasteiger partial charge >= 0.3 is 12.1 Å². The van der Waals surface area contributed by atoms with E-state index in [2.05, 4.69) is 25.3 Å². The zero-order chi connectivity index (χ0) is 14.5. The van der Waals surface area contributed by atoms with Crippen molar-refractivity contribution in [2.75, 3.05) is 31.3 Å². The lowest BCUT2D eigenvalue weighted by molar-refractivity contribution is -0.141. The largest absolute Gasteiger partial charge is 0.469 e. The highest BCUT2D eigenvalue weighted by atomic mass is 19.4. The second kappa shape index (κ2) is 6.21. The molecule has 0 aliphatic carbocycles. The fourth-order valence-electron chi connectivity index (χ4n) is 1.19. The third kappa shape index (κ3) is 4.60. The lowest BCUT2D eigenvalue weighted by Crippen LogP contribution is -2.15. The van der Waals surface area contributed by atoms with Gasteiger partial charge in [-0.15, -0.1) is 0 Å². The quantitative estimate of drug-likeness (QED) is 0.795. The van der Waals surface area contributed by atoms with Crippen molar-refractivity contribution < 1.29 is 22.7 Å². The van der Waals surface area contributed by atoms with Gasteiger partial charge in [0.2, 0.25) is 5.95 Å². The van der Waals surface area contributed by atoms with Gasteiger partial charge in [0.1, 0.15) is 5.82 Å². The number of nitrogens with zero attached hydrogens (tertiary/aromatic N) is 2. The minimum absolute atomic E-state index is 0.0180. The molecule has 0 spiro atoms. The third-order valence-electron chi connectivity index (χ3n) is 2.10. The van der Waals surface area contributed by atoms with Crippen LogP contribution >= 0.6 is 0 Å². The van der Waals surface area contributed by atoms with Crippen molar-refractivity contribution in [2.45, 2.75) is 12.6 Å². The summed E-state index contributed by atoms with van der Waals surface area (Å²) < 4.78 is 42.1. The van der Waals surface area contributed by atoms with Gasteiger partial charge in [0.25, 0.3) is 0 Å². The van der Waals surface area contributed by atoms with Crippen LogP contribution in [-0.2, 0) is 15.7 Å². The van der Waals surface area contributed by atoms with Gasteiger partial charge in [0.15, 0.2) is 5.69 Å². The molecule has 9 heteroatoms. The summed E-state index contributed by atoms with van der Waals surface area (Å²) in [4.78, 5) is 18.0. The molecule has 0 bridgehead atoms. The van der Waals surface area contributed by atoms with Crippen molar-refractivity contribution in [3.8, 4) is 0 Å². The van der Waals surface area contributed by atoms with Crippen molar-refractivity contribution in [3.05, 3.63) is 11.8 Å². The van der Waals surface area contributed by atoms with E-state index < -0.39 is 17.8 Å². The van der Waals surface area contributed by atoms with Crippen molar-refractivity contribution >= 4 is 17.7 Å². The Kier molecular flexibility index (Phi) is 4.90. The van der Waals surface area contributed by atoms with E-state index in [1.807, 2.05) is 0 Å². The number of hydrogen-bond acceptors (Lipinski definition) is 6. The molecule has 0 fully saturated rings. The SMILES string of the molecule is CNc1nc(NCCC(=O)OC)cc(C(F)(F)F)n1. The van der Waals surface area contributed by atoms with E-state index in [9.17, 15) is 18.0 Å². The highest BCUT2D eigenvalue weighted by Crippen LogP contribution is 2.29. The van der Waals surface area contributed by atoms with Crippen LogP contribution < -0.4 is 10.6 Å². The molecule has 0 aliphatic rings. The minimum Gasteiger partial charge on any atom is -0.469 e. The number of nitrogens with one attached hydrogen (secondary N) is 2. The highest BCUT2D eigenvalue weighted by molar-refractivity contribution is 5.69. The van der Waals surface area contributed by atoms with E-state index in [0.717, 1.165) is 6.07 Å². The Labute approximate surface area is 107 Å². The average Bonchev–Trinajstić information content (AvgIpc) is 2.37. The minimum atomic E-state index is -4.56. The number of aromatic nitrogens is 2. The van der Waals surface area contributed by atoms with Crippen molar-refractivity contribution in [1.29, 1.82) is 0 Å². The van der Waals surface area contributed by atoms with Crippen LogP contribution in [0.3, 0.4) is 0 Å². The summed E-state index contributed by atoms with van der Waals surface area (Å²) >= 11 is 0. The Balaban J connectivity index is 2.80. The number of rotatable bonds is 5. The van der Waals surface area contributed by atoms with Crippen LogP contribution in [0.1, 0.15) is 12.1 Å². The number of carbonyl (C=O) groups excluding carboxylic acids is 1. The van der Waals surface area contributed by atoms with Crippen LogP contribution in [-0.4, -0.2) is 36.6 Å². The molecule has 0 saturated carbocycles. The predicted molar refractivity (Wildman–Crippen MR) is 61.7 cm³/mol. The number of anilines is 2. The molecule has 0 amide bonds.